The molecule has 1 nitrogen and oxygen atoms in total. The molecule has 0 amide bonds. The Kier molecular flexibility index (Phi) is 5.74. The Morgan fingerprint density at radius 1 is 0.500 bits per heavy atom. The molecular formula is C26H24OPb. The fraction of sp³-hybridized carbons (Fsp3) is 0.0769. The fourth-order valence-electron chi connectivity index (χ4n) is 4.08. The summed E-state index contributed by atoms with van der Waals surface area (Å²) in [5.41, 5.74) is 0.959. The molecule has 0 saturated heterocycles. The Morgan fingerprint density at radius 3 is 1.14 bits per heavy atom. The van der Waals surface area contributed by atoms with Gasteiger partial charge < -0.3 is 0 Å². The van der Waals surface area contributed by atoms with E-state index in [9.17, 15) is 5.11 Å². The van der Waals surface area contributed by atoms with Crippen LogP contribution < -0.4 is 12.5 Å². The topological polar surface area (TPSA) is 20.2 Å². The Hall–Kier alpha value is -2.24. The Bertz CT molecular complexity index is 914. The summed E-state index contributed by atoms with van der Waals surface area (Å²) in [4.78, 5) is 0. The third kappa shape index (κ3) is 3.45. The molecule has 0 aliphatic heterocycles. The molecule has 28 heavy (non-hydrogen) atoms. The number of benzene rings is 4. The van der Waals surface area contributed by atoms with Gasteiger partial charge in [0.1, 0.15) is 0 Å². The summed E-state index contributed by atoms with van der Waals surface area (Å²) in [6.45, 7) is 1.82. The molecule has 1 unspecified atom stereocenters. The molecule has 4 aromatic rings. The van der Waals surface area contributed by atoms with Gasteiger partial charge in [0.25, 0.3) is 0 Å². The number of hydrogen-bond donors (Lipinski definition) is 1. The molecule has 1 N–H and O–H groups in total. The Morgan fingerprint density at radius 2 is 0.821 bits per heavy atom. The van der Waals surface area contributed by atoms with Gasteiger partial charge in [-0.25, -0.2) is 0 Å². The van der Waals surface area contributed by atoms with Gasteiger partial charge in [-0.1, -0.05) is 0 Å². The van der Waals surface area contributed by atoms with Gasteiger partial charge in [-0.15, -0.1) is 0 Å². The Balaban J connectivity index is 2.07. The van der Waals surface area contributed by atoms with Crippen LogP contribution in [0.25, 0.3) is 0 Å². The second-order valence-corrected chi connectivity index (χ2v) is 22.0. The molecule has 1 atom stereocenters. The number of hydrogen-bond acceptors (Lipinski definition) is 1. The maximum absolute atomic E-state index is 9.99. The van der Waals surface area contributed by atoms with Crippen LogP contribution >= 0.6 is 0 Å². The van der Waals surface area contributed by atoms with Crippen LogP contribution in [-0.4, -0.2) is 26.3 Å². The molecule has 0 bridgehead atoms. The van der Waals surface area contributed by atoms with Crippen LogP contribution in [0.3, 0.4) is 0 Å². The van der Waals surface area contributed by atoms with E-state index in [2.05, 4.69) is 115 Å². The van der Waals surface area contributed by atoms with Gasteiger partial charge in [-0.3, -0.25) is 0 Å². The van der Waals surface area contributed by atoms with Gasteiger partial charge >= 0.3 is 173 Å². The molecule has 0 radical (unpaired) electrons. The van der Waals surface area contributed by atoms with E-state index in [0.29, 0.717) is 0 Å². The summed E-state index contributed by atoms with van der Waals surface area (Å²) < 4.78 is 5.73. The molecule has 0 aliphatic rings. The molecule has 0 heterocycles. The third-order valence-corrected chi connectivity index (χ3v) is 24.1. The first-order valence-corrected chi connectivity index (χ1v) is 17.5. The zero-order chi connectivity index (χ0) is 19.4. The summed E-state index contributed by atoms with van der Waals surface area (Å²) in [7, 11) is 0. The number of aliphatic hydroxyl groups is 1. The predicted octanol–water partition coefficient (Wildman–Crippen LogP) is 3.12. The van der Waals surface area contributed by atoms with Gasteiger partial charge in [0.15, 0.2) is 0 Å². The fourth-order valence-corrected chi connectivity index (χ4v) is 22.5. The predicted molar refractivity (Wildman–Crippen MR) is 121 cm³/mol. The van der Waals surface area contributed by atoms with E-state index in [1.807, 2.05) is 6.92 Å². The quantitative estimate of drug-likeness (QED) is 0.373. The van der Waals surface area contributed by atoms with Crippen LogP contribution in [0.1, 0.15) is 18.6 Å². The molecule has 0 aliphatic carbocycles. The van der Waals surface area contributed by atoms with Gasteiger partial charge in [0.2, 0.25) is 0 Å². The molecule has 4 rings (SSSR count). The average molecular weight is 560 g/mol. The van der Waals surface area contributed by atoms with Crippen LogP contribution in [-0.2, 0) is 0 Å². The van der Waals surface area contributed by atoms with Crippen molar-refractivity contribution < 1.29 is 5.11 Å². The van der Waals surface area contributed by atoms with Crippen LogP contribution in [0, 0.1) is 0 Å². The van der Waals surface area contributed by atoms with Crippen molar-refractivity contribution in [3.8, 4) is 0 Å². The standard InChI is InChI=1S/C8H9O.3C6H5.Pb/c1-7(9)8-5-3-2-4-6-8;3*1-2-4-6-5-3-1;/h3-7,9H,1H3;3*1-5H;. The monoisotopic (exact) mass is 560 g/mol. The molecule has 0 saturated carbocycles. The SMILES string of the molecule is CC(O)c1cc[c]([Pb]([c]2ccccc2)([c]2ccccc2)[c]2ccccc2)cc1. The van der Waals surface area contributed by atoms with Crippen LogP contribution in [0.2, 0.25) is 0 Å². The molecule has 138 valence electrons. The van der Waals surface area contributed by atoms with Gasteiger partial charge in [-0.2, -0.15) is 0 Å². The first-order chi connectivity index (χ1) is 13.7. The minimum absolute atomic E-state index is 0.453. The van der Waals surface area contributed by atoms with Crippen molar-refractivity contribution in [3.05, 3.63) is 121 Å². The van der Waals surface area contributed by atoms with Crippen molar-refractivity contribution in [1.82, 2.24) is 0 Å². The van der Waals surface area contributed by atoms with E-state index in [-0.39, 0.29) is 0 Å². The maximum atomic E-state index is 9.99. The zero-order valence-corrected chi connectivity index (χ0v) is 19.9. The van der Waals surface area contributed by atoms with Gasteiger partial charge in [0, 0.05) is 0 Å². The van der Waals surface area contributed by atoms with Crippen molar-refractivity contribution >= 4 is 33.7 Å². The normalized spacial score (nSPS) is 12.5. The van der Waals surface area contributed by atoms with Crippen molar-refractivity contribution in [3.63, 3.8) is 0 Å². The first kappa shape index (κ1) is 19.1. The number of rotatable bonds is 5. The van der Waals surface area contributed by atoms with Gasteiger partial charge in [-0.05, 0) is 0 Å². The molecule has 0 aromatic heterocycles. The van der Waals surface area contributed by atoms with E-state index in [4.69, 9.17) is 0 Å². The molecule has 2 heteroatoms. The third-order valence-electron chi connectivity index (χ3n) is 5.45. The van der Waals surface area contributed by atoms with E-state index < -0.39 is 27.3 Å². The zero-order valence-electron chi connectivity index (χ0n) is 16.0. The summed E-state index contributed by atoms with van der Waals surface area (Å²) in [5.74, 6) is 0. The number of aliphatic hydroxyl groups excluding tert-OH is 1. The molecular weight excluding hydrogens is 535 g/mol. The van der Waals surface area contributed by atoms with Crippen LogP contribution in [0.15, 0.2) is 115 Å². The summed E-state index contributed by atoms with van der Waals surface area (Å²) >= 11 is -3.65. The first-order valence-electron chi connectivity index (χ1n) is 9.68. The van der Waals surface area contributed by atoms with Gasteiger partial charge in [0.05, 0.1) is 0 Å². The average Bonchev–Trinajstić information content (AvgIpc) is 2.77. The summed E-state index contributed by atoms with van der Waals surface area (Å²) in [6, 6.07) is 41.6. The minimum atomic E-state index is -3.65. The van der Waals surface area contributed by atoms with Crippen molar-refractivity contribution in [1.29, 1.82) is 0 Å². The van der Waals surface area contributed by atoms with Crippen LogP contribution in [0.4, 0.5) is 0 Å². The second kappa shape index (κ2) is 8.41. The van der Waals surface area contributed by atoms with Crippen molar-refractivity contribution in [2.45, 2.75) is 13.0 Å². The van der Waals surface area contributed by atoms with E-state index in [1.165, 1.54) is 12.5 Å². The summed E-state index contributed by atoms with van der Waals surface area (Å²) in [6.07, 6.45) is -0.453. The Labute approximate surface area is 172 Å². The molecule has 0 spiro atoms. The van der Waals surface area contributed by atoms with Crippen molar-refractivity contribution in [2.24, 2.45) is 0 Å². The summed E-state index contributed by atoms with van der Waals surface area (Å²) in [5, 5.41) is 9.99. The molecule has 0 fully saturated rings. The van der Waals surface area contributed by atoms with E-state index >= 15 is 0 Å². The van der Waals surface area contributed by atoms with Crippen molar-refractivity contribution in [2.75, 3.05) is 0 Å². The second-order valence-electron chi connectivity index (χ2n) is 7.15. The van der Waals surface area contributed by atoms with E-state index in [0.717, 1.165) is 5.56 Å². The molecule has 4 aromatic carbocycles. The van der Waals surface area contributed by atoms with Crippen LogP contribution in [0.5, 0.6) is 0 Å². The van der Waals surface area contributed by atoms with E-state index in [1.54, 1.807) is 0 Å².